The van der Waals surface area contributed by atoms with E-state index < -0.39 is 0 Å². The zero-order valence-electron chi connectivity index (χ0n) is 17.3. The molecule has 2 aliphatic heterocycles. The van der Waals surface area contributed by atoms with E-state index in [-0.39, 0.29) is 5.54 Å². The minimum absolute atomic E-state index is 0.136. The highest BCUT2D eigenvalue weighted by Crippen LogP contribution is 2.55. The van der Waals surface area contributed by atoms with Crippen LogP contribution in [0, 0.1) is 12.3 Å². The Labute approximate surface area is 157 Å². The molecule has 2 saturated heterocycles. The molecule has 1 aliphatic carbocycles. The van der Waals surface area contributed by atoms with Crippen LogP contribution in [0.15, 0.2) is 6.07 Å². The molecule has 144 valence electrons. The van der Waals surface area contributed by atoms with Crippen LogP contribution >= 0.6 is 0 Å². The van der Waals surface area contributed by atoms with Crippen molar-refractivity contribution in [2.24, 2.45) is 5.41 Å². The standard InChI is InChI=1S/C21H34N4O/c1-15-9-18(24-8-7-17(26)12-20(24,5)6)22-25(15)16-10-21(11-16)13-23(14-21)19(2,3)4/h9,16H,7-8,10-14H2,1-6H3. The van der Waals surface area contributed by atoms with Gasteiger partial charge in [0.05, 0.1) is 6.04 Å². The van der Waals surface area contributed by atoms with Crippen molar-refractivity contribution in [3.05, 3.63) is 11.8 Å². The Hall–Kier alpha value is -1.36. The Balaban J connectivity index is 1.44. The predicted molar refractivity (Wildman–Crippen MR) is 105 cm³/mol. The van der Waals surface area contributed by atoms with Crippen LogP contribution in [0.1, 0.15) is 72.0 Å². The first-order valence-corrected chi connectivity index (χ1v) is 10.1. The molecular formula is C21H34N4O. The van der Waals surface area contributed by atoms with Gasteiger partial charge in [-0.25, -0.2) is 0 Å². The summed E-state index contributed by atoms with van der Waals surface area (Å²) in [6.45, 7) is 16.7. The van der Waals surface area contributed by atoms with Crippen LogP contribution in [0.25, 0.3) is 0 Å². The summed E-state index contributed by atoms with van der Waals surface area (Å²) < 4.78 is 2.26. The number of aromatic nitrogens is 2. The van der Waals surface area contributed by atoms with E-state index in [2.05, 4.69) is 62.1 Å². The summed E-state index contributed by atoms with van der Waals surface area (Å²) in [4.78, 5) is 16.8. The van der Waals surface area contributed by atoms with Crippen LogP contribution in [-0.4, -0.2) is 51.2 Å². The van der Waals surface area contributed by atoms with Crippen LogP contribution in [0.4, 0.5) is 5.82 Å². The van der Waals surface area contributed by atoms with Crippen molar-refractivity contribution in [3.63, 3.8) is 0 Å². The van der Waals surface area contributed by atoms with E-state index in [1.807, 2.05) is 0 Å². The van der Waals surface area contributed by atoms with Gasteiger partial charge in [-0.3, -0.25) is 14.4 Å². The monoisotopic (exact) mass is 358 g/mol. The number of piperidine rings is 1. The van der Waals surface area contributed by atoms with Crippen molar-refractivity contribution in [3.8, 4) is 0 Å². The van der Waals surface area contributed by atoms with Crippen LogP contribution in [0.2, 0.25) is 0 Å². The zero-order valence-corrected chi connectivity index (χ0v) is 17.3. The van der Waals surface area contributed by atoms with Gasteiger partial charge in [-0.2, -0.15) is 5.10 Å². The third kappa shape index (κ3) is 2.88. The molecule has 1 aromatic rings. The Morgan fingerprint density at radius 2 is 1.85 bits per heavy atom. The summed E-state index contributed by atoms with van der Waals surface area (Å²) in [6.07, 6.45) is 3.77. The molecule has 1 spiro atoms. The number of carbonyl (C=O) groups is 1. The van der Waals surface area contributed by atoms with Gasteiger partial charge in [0.1, 0.15) is 5.78 Å². The molecular weight excluding hydrogens is 324 g/mol. The van der Waals surface area contributed by atoms with Gasteiger partial charge in [0.2, 0.25) is 0 Å². The topological polar surface area (TPSA) is 41.4 Å². The Morgan fingerprint density at radius 1 is 1.19 bits per heavy atom. The Bertz CT molecular complexity index is 713. The molecule has 0 atom stereocenters. The Kier molecular flexibility index (Phi) is 3.86. The van der Waals surface area contributed by atoms with Crippen molar-refractivity contribution in [1.29, 1.82) is 0 Å². The fourth-order valence-electron chi connectivity index (χ4n) is 5.21. The fraction of sp³-hybridized carbons (Fsp3) is 0.810. The second-order valence-corrected chi connectivity index (χ2v) is 10.6. The molecule has 0 radical (unpaired) electrons. The van der Waals surface area contributed by atoms with E-state index >= 15 is 0 Å². The average molecular weight is 359 g/mol. The summed E-state index contributed by atoms with van der Waals surface area (Å²) in [5.74, 6) is 1.42. The van der Waals surface area contributed by atoms with Gasteiger partial charge in [0, 0.05) is 55.3 Å². The van der Waals surface area contributed by atoms with Crippen molar-refractivity contribution < 1.29 is 4.79 Å². The van der Waals surface area contributed by atoms with Crippen LogP contribution in [0.3, 0.4) is 0 Å². The molecule has 4 rings (SSSR count). The van der Waals surface area contributed by atoms with Crippen LogP contribution < -0.4 is 4.90 Å². The second kappa shape index (κ2) is 5.57. The first-order valence-electron chi connectivity index (χ1n) is 10.1. The molecule has 3 aliphatic rings. The highest BCUT2D eigenvalue weighted by atomic mass is 16.1. The van der Waals surface area contributed by atoms with Gasteiger partial charge in [0.15, 0.2) is 5.82 Å². The van der Waals surface area contributed by atoms with Crippen molar-refractivity contribution in [2.75, 3.05) is 24.5 Å². The lowest BCUT2D eigenvalue weighted by Gasteiger charge is -2.62. The maximum Gasteiger partial charge on any atom is 0.151 e. The first kappa shape index (κ1) is 18.0. The number of hydrogen-bond donors (Lipinski definition) is 0. The molecule has 3 heterocycles. The zero-order chi connectivity index (χ0) is 18.9. The van der Waals surface area contributed by atoms with Crippen LogP contribution in [-0.2, 0) is 4.79 Å². The van der Waals surface area contributed by atoms with Gasteiger partial charge in [-0.05, 0) is 59.8 Å². The number of nitrogens with zero attached hydrogens (tertiary/aromatic N) is 4. The summed E-state index contributed by atoms with van der Waals surface area (Å²) in [5.41, 5.74) is 1.94. The van der Waals surface area contributed by atoms with E-state index in [0.717, 1.165) is 12.4 Å². The van der Waals surface area contributed by atoms with E-state index in [1.54, 1.807) is 0 Å². The molecule has 1 aromatic heterocycles. The molecule has 0 aromatic carbocycles. The molecule has 0 N–H and O–H groups in total. The van der Waals surface area contributed by atoms with E-state index in [4.69, 9.17) is 5.10 Å². The maximum absolute atomic E-state index is 11.8. The number of likely N-dealkylation sites (tertiary alicyclic amines) is 1. The van der Waals surface area contributed by atoms with Crippen molar-refractivity contribution in [1.82, 2.24) is 14.7 Å². The number of aryl methyl sites for hydroxylation is 1. The number of rotatable bonds is 2. The lowest BCUT2D eigenvalue weighted by atomic mass is 9.59. The quantitative estimate of drug-likeness (QED) is 0.810. The molecule has 5 nitrogen and oxygen atoms in total. The number of anilines is 1. The lowest BCUT2D eigenvalue weighted by molar-refractivity contribution is -0.127. The summed E-state index contributed by atoms with van der Waals surface area (Å²) in [5, 5.41) is 4.99. The molecule has 26 heavy (non-hydrogen) atoms. The molecule has 3 fully saturated rings. The van der Waals surface area contributed by atoms with Gasteiger partial charge >= 0.3 is 0 Å². The van der Waals surface area contributed by atoms with Crippen molar-refractivity contribution >= 4 is 11.6 Å². The smallest absolute Gasteiger partial charge is 0.151 e. The third-order valence-corrected chi connectivity index (χ3v) is 6.85. The summed E-state index contributed by atoms with van der Waals surface area (Å²) in [7, 11) is 0. The first-order chi connectivity index (χ1) is 12.0. The maximum atomic E-state index is 11.8. The predicted octanol–water partition coefficient (Wildman–Crippen LogP) is 3.57. The summed E-state index contributed by atoms with van der Waals surface area (Å²) >= 11 is 0. The highest BCUT2D eigenvalue weighted by Gasteiger charge is 2.55. The van der Waals surface area contributed by atoms with E-state index in [0.29, 0.717) is 35.6 Å². The van der Waals surface area contributed by atoms with Gasteiger partial charge in [-0.1, -0.05) is 0 Å². The summed E-state index contributed by atoms with van der Waals surface area (Å²) in [6, 6.07) is 2.76. The molecule has 0 amide bonds. The number of carbonyl (C=O) groups excluding carboxylic acids is 1. The molecule has 5 heteroatoms. The van der Waals surface area contributed by atoms with Crippen molar-refractivity contribution in [2.45, 2.75) is 84.3 Å². The Morgan fingerprint density at radius 3 is 2.42 bits per heavy atom. The third-order valence-electron chi connectivity index (χ3n) is 6.85. The average Bonchev–Trinajstić information content (AvgIpc) is 2.74. The normalized spacial score (nSPS) is 26.1. The SMILES string of the molecule is Cc1cc(N2CCC(=O)CC2(C)C)nn1C1CC2(C1)CN(C(C)(C)C)C2. The second-order valence-electron chi connectivity index (χ2n) is 10.6. The largest absolute Gasteiger partial charge is 0.349 e. The number of hydrogen-bond acceptors (Lipinski definition) is 4. The molecule has 1 saturated carbocycles. The van der Waals surface area contributed by atoms with E-state index in [9.17, 15) is 4.79 Å². The van der Waals surface area contributed by atoms with Gasteiger partial charge in [0.25, 0.3) is 0 Å². The molecule has 0 bridgehead atoms. The number of Topliss-reactive ketones (excluding diaryl/α,β-unsaturated/α-hetero) is 1. The minimum Gasteiger partial charge on any atom is -0.349 e. The van der Waals surface area contributed by atoms with Gasteiger partial charge in [-0.15, -0.1) is 0 Å². The van der Waals surface area contributed by atoms with Gasteiger partial charge < -0.3 is 4.90 Å². The number of ketones is 1. The van der Waals surface area contributed by atoms with Crippen LogP contribution in [0.5, 0.6) is 0 Å². The fourth-order valence-corrected chi connectivity index (χ4v) is 5.21. The highest BCUT2D eigenvalue weighted by molar-refractivity contribution is 5.82. The molecule has 0 unspecified atom stereocenters. The minimum atomic E-state index is -0.136. The lowest BCUT2D eigenvalue weighted by Crippen LogP contribution is -2.67. The van der Waals surface area contributed by atoms with E-state index in [1.165, 1.54) is 31.6 Å².